The molecule has 0 fully saturated rings. The van der Waals surface area contributed by atoms with Crippen molar-refractivity contribution in [2.45, 2.75) is 303 Å². The van der Waals surface area contributed by atoms with E-state index in [1.807, 2.05) is 33.3 Å². The quantitative estimate of drug-likeness (QED) is 0.0212. The predicted octanol–water partition coefficient (Wildman–Crippen LogP) is 18.3. The maximum absolute atomic E-state index is 13.5. The zero-order valence-corrected chi connectivity index (χ0v) is 49.7. The van der Waals surface area contributed by atoms with E-state index < -0.39 is 20.0 Å². The summed E-state index contributed by atoms with van der Waals surface area (Å²) in [5, 5.41) is 3.03. The number of amides is 1. The summed E-state index contributed by atoms with van der Waals surface area (Å²) in [4.78, 5) is 39.9. The van der Waals surface area contributed by atoms with Gasteiger partial charge in [-0.2, -0.15) is 0 Å². The van der Waals surface area contributed by atoms with Crippen LogP contribution in [0.15, 0.2) is 48.6 Å². The van der Waals surface area contributed by atoms with Crippen LogP contribution < -0.4 is 10.2 Å². The summed E-state index contributed by atoms with van der Waals surface area (Å²) in [6.07, 6.45) is 65.0. The molecule has 428 valence electrons. The topological polar surface area (TPSA) is 114 Å². The van der Waals surface area contributed by atoms with Crippen LogP contribution in [0.3, 0.4) is 0 Å². The average Bonchev–Trinajstić information content (AvgIpc) is 3.35. The van der Waals surface area contributed by atoms with Gasteiger partial charge in [-0.3, -0.25) is 14.2 Å². The SMILES string of the molecule is CCCCC/C=C\C/C=C\C/C=C\CCCCCCCCCCCCC(=O)NC(COP(=O)([O-])OCC[N+](C)(C)C)C(/C=C\CCCCCCCCCCC)OC(=O)CCCCCCCCCCCCCCC. The fourth-order valence-electron chi connectivity index (χ4n) is 8.94. The van der Waals surface area contributed by atoms with Gasteiger partial charge in [-0.1, -0.05) is 256 Å². The second-order valence-corrected chi connectivity index (χ2v) is 23.6. The molecule has 0 aromatic carbocycles. The minimum atomic E-state index is -4.69. The highest BCUT2D eigenvalue weighted by atomic mass is 31.2. The zero-order chi connectivity index (χ0) is 53.6. The van der Waals surface area contributed by atoms with Crippen molar-refractivity contribution in [2.75, 3.05) is 40.9 Å². The van der Waals surface area contributed by atoms with E-state index in [4.69, 9.17) is 13.8 Å². The molecular formula is C63H119N2O7P. The van der Waals surface area contributed by atoms with Crippen molar-refractivity contribution < 1.29 is 37.3 Å². The summed E-state index contributed by atoms with van der Waals surface area (Å²) in [5.74, 6) is -0.537. The highest BCUT2D eigenvalue weighted by Gasteiger charge is 2.27. The van der Waals surface area contributed by atoms with E-state index in [9.17, 15) is 19.0 Å². The van der Waals surface area contributed by atoms with Crippen LogP contribution in [0.4, 0.5) is 0 Å². The van der Waals surface area contributed by atoms with Gasteiger partial charge in [-0.15, -0.1) is 0 Å². The first-order chi connectivity index (χ1) is 35.4. The van der Waals surface area contributed by atoms with Crippen molar-refractivity contribution in [3.05, 3.63) is 48.6 Å². The molecule has 73 heavy (non-hydrogen) atoms. The molecule has 0 aliphatic heterocycles. The Bertz CT molecular complexity index is 1390. The number of hydrogen-bond acceptors (Lipinski definition) is 7. The Morgan fingerprint density at radius 2 is 0.836 bits per heavy atom. The number of likely N-dealkylation sites (N-methyl/N-ethyl adjacent to an activating group) is 1. The van der Waals surface area contributed by atoms with E-state index in [0.717, 1.165) is 77.0 Å². The van der Waals surface area contributed by atoms with Gasteiger partial charge in [0.1, 0.15) is 19.3 Å². The molecule has 3 unspecified atom stereocenters. The van der Waals surface area contributed by atoms with E-state index in [1.165, 1.54) is 180 Å². The molecular weight excluding hydrogens is 928 g/mol. The monoisotopic (exact) mass is 1050 g/mol. The molecule has 0 heterocycles. The van der Waals surface area contributed by atoms with Crippen LogP contribution >= 0.6 is 7.82 Å². The number of phosphoric acid groups is 1. The van der Waals surface area contributed by atoms with Crippen molar-refractivity contribution in [3.8, 4) is 0 Å². The molecule has 0 bridgehead atoms. The van der Waals surface area contributed by atoms with Crippen molar-refractivity contribution in [1.29, 1.82) is 0 Å². The lowest BCUT2D eigenvalue weighted by Gasteiger charge is -2.30. The summed E-state index contributed by atoms with van der Waals surface area (Å²) < 4.78 is 30.3. The van der Waals surface area contributed by atoms with Crippen molar-refractivity contribution >= 4 is 19.7 Å². The van der Waals surface area contributed by atoms with Crippen LogP contribution in [0, 0.1) is 0 Å². The Hall–Kier alpha value is -2.03. The first kappa shape index (κ1) is 71.0. The number of carbonyl (C=O) groups excluding carboxylic acids is 2. The number of unbranched alkanes of at least 4 members (excludes halogenated alkanes) is 34. The van der Waals surface area contributed by atoms with Crippen molar-refractivity contribution in [3.63, 3.8) is 0 Å². The maximum Gasteiger partial charge on any atom is 0.306 e. The average molecular weight is 1050 g/mol. The molecule has 0 spiro atoms. The van der Waals surface area contributed by atoms with E-state index in [0.29, 0.717) is 17.4 Å². The number of rotatable bonds is 56. The van der Waals surface area contributed by atoms with E-state index in [-0.39, 0.29) is 31.5 Å². The number of ether oxygens (including phenoxy) is 1. The second-order valence-electron chi connectivity index (χ2n) is 22.2. The summed E-state index contributed by atoms with van der Waals surface area (Å²) in [5.41, 5.74) is 0. The molecule has 0 aliphatic rings. The highest BCUT2D eigenvalue weighted by molar-refractivity contribution is 7.45. The number of nitrogens with zero attached hydrogens (tertiary/aromatic N) is 1. The Morgan fingerprint density at radius 3 is 1.27 bits per heavy atom. The normalized spacial score (nSPS) is 14.0. The highest BCUT2D eigenvalue weighted by Crippen LogP contribution is 2.38. The van der Waals surface area contributed by atoms with Gasteiger partial charge in [0.25, 0.3) is 7.82 Å². The summed E-state index contributed by atoms with van der Waals surface area (Å²) in [6, 6.07) is -0.887. The smallest absolute Gasteiger partial charge is 0.306 e. The van der Waals surface area contributed by atoms with Crippen LogP contribution in [0.2, 0.25) is 0 Å². The molecule has 9 nitrogen and oxygen atoms in total. The molecule has 0 aromatic heterocycles. The number of phosphoric ester groups is 1. The number of carbonyl (C=O) groups is 2. The minimum Gasteiger partial charge on any atom is -0.756 e. The van der Waals surface area contributed by atoms with Crippen LogP contribution in [-0.2, 0) is 27.9 Å². The minimum absolute atomic E-state index is 0.0220. The van der Waals surface area contributed by atoms with Crippen LogP contribution in [0.1, 0.15) is 290 Å². The number of allylic oxidation sites excluding steroid dienone is 7. The van der Waals surface area contributed by atoms with Gasteiger partial charge in [0, 0.05) is 12.8 Å². The summed E-state index contributed by atoms with van der Waals surface area (Å²) >= 11 is 0. The standard InChI is InChI=1S/C63H119N2O7P/c1-7-10-13-16-19-22-25-27-28-29-30-31-32-33-34-35-36-38-40-43-46-49-52-55-62(66)64-60(59-71-73(68,69)70-58-57-65(4,5)6)61(54-51-48-45-42-39-24-21-18-15-12-9-3)72-63(67)56-53-50-47-44-41-37-26-23-20-17-14-11-8-2/h19,22,27-28,30-31,51,54,60-61H,7-18,20-21,23-26,29,32-50,52-53,55-59H2,1-6H3,(H-,64,66,68,69)/b22-19-,28-27-,31-30-,54-51-. The molecule has 1 amide bonds. The van der Waals surface area contributed by atoms with Gasteiger partial charge >= 0.3 is 5.97 Å². The van der Waals surface area contributed by atoms with Crippen LogP contribution in [0.5, 0.6) is 0 Å². The van der Waals surface area contributed by atoms with Crippen molar-refractivity contribution in [2.24, 2.45) is 0 Å². The van der Waals surface area contributed by atoms with E-state index in [1.54, 1.807) is 0 Å². The molecule has 0 aromatic rings. The fourth-order valence-corrected chi connectivity index (χ4v) is 9.66. The first-order valence-electron chi connectivity index (χ1n) is 30.9. The third kappa shape index (κ3) is 54.6. The lowest BCUT2D eigenvalue weighted by Crippen LogP contribution is -2.47. The van der Waals surface area contributed by atoms with E-state index in [2.05, 4.69) is 62.5 Å². The van der Waals surface area contributed by atoms with E-state index >= 15 is 0 Å². The summed E-state index contributed by atoms with van der Waals surface area (Å²) in [6.45, 7) is 6.82. The summed E-state index contributed by atoms with van der Waals surface area (Å²) in [7, 11) is 1.19. The second kappa shape index (κ2) is 53.4. The van der Waals surface area contributed by atoms with Crippen LogP contribution in [-0.4, -0.2) is 69.4 Å². The Balaban J connectivity index is 5.13. The zero-order valence-electron chi connectivity index (χ0n) is 48.8. The Morgan fingerprint density at radius 1 is 0.479 bits per heavy atom. The van der Waals surface area contributed by atoms with Gasteiger partial charge in [0.05, 0.1) is 33.8 Å². The number of esters is 1. The van der Waals surface area contributed by atoms with Gasteiger partial charge in [0.15, 0.2) is 0 Å². The molecule has 1 N–H and O–H groups in total. The fraction of sp³-hybridized carbons (Fsp3) is 0.841. The number of quaternary nitrogens is 1. The third-order valence-electron chi connectivity index (χ3n) is 13.8. The number of hydrogen-bond donors (Lipinski definition) is 1. The van der Waals surface area contributed by atoms with Gasteiger partial charge in [0.2, 0.25) is 5.91 Å². The third-order valence-corrected chi connectivity index (χ3v) is 14.7. The Kier molecular flexibility index (Phi) is 51.9. The van der Waals surface area contributed by atoms with Crippen LogP contribution in [0.25, 0.3) is 0 Å². The maximum atomic E-state index is 13.5. The molecule has 0 aliphatic carbocycles. The van der Waals surface area contributed by atoms with Gasteiger partial charge < -0.3 is 28.5 Å². The molecule has 10 heteroatoms. The number of nitrogens with one attached hydrogen (secondary N) is 1. The Labute approximate surface area is 452 Å². The van der Waals surface area contributed by atoms with Crippen molar-refractivity contribution in [1.82, 2.24) is 5.32 Å². The van der Waals surface area contributed by atoms with Gasteiger partial charge in [-0.05, 0) is 70.3 Å². The molecule has 0 rings (SSSR count). The molecule has 3 atom stereocenters. The molecule has 0 radical (unpaired) electrons. The first-order valence-corrected chi connectivity index (χ1v) is 32.4. The van der Waals surface area contributed by atoms with Gasteiger partial charge in [-0.25, -0.2) is 0 Å². The predicted molar refractivity (Wildman–Crippen MR) is 312 cm³/mol. The molecule has 0 saturated heterocycles. The largest absolute Gasteiger partial charge is 0.756 e. The molecule has 0 saturated carbocycles. The lowest BCUT2D eigenvalue weighted by atomic mass is 10.0. The lowest BCUT2D eigenvalue weighted by molar-refractivity contribution is -0.870.